The number of carbonyl (C=O) groups excluding carboxylic acids is 2. The lowest BCUT2D eigenvalue weighted by atomic mass is 9.94. The van der Waals surface area contributed by atoms with Gasteiger partial charge in [-0.1, -0.05) is 81.4 Å². The fourth-order valence-corrected chi connectivity index (χ4v) is 4.61. The minimum atomic E-state index is -0.261. The highest BCUT2D eigenvalue weighted by atomic mass is 16.5. The second-order valence-electron chi connectivity index (χ2n) is 9.91. The first-order chi connectivity index (χ1) is 17.9. The van der Waals surface area contributed by atoms with E-state index in [4.69, 9.17) is 4.74 Å². The number of ether oxygens (including phenoxy) is 1. The van der Waals surface area contributed by atoms with Crippen LogP contribution in [-0.4, -0.2) is 59.5 Å². The predicted octanol–water partition coefficient (Wildman–Crippen LogP) is 5.19. The Morgan fingerprint density at radius 3 is 2.22 bits per heavy atom. The number of benzene rings is 2. The fourth-order valence-electron chi connectivity index (χ4n) is 4.61. The van der Waals surface area contributed by atoms with Crippen molar-refractivity contribution in [3.05, 3.63) is 95.8 Å². The minimum Gasteiger partial charge on any atom is -0.383 e. The van der Waals surface area contributed by atoms with Gasteiger partial charge in [0.2, 0.25) is 11.8 Å². The van der Waals surface area contributed by atoms with Gasteiger partial charge < -0.3 is 19.1 Å². The van der Waals surface area contributed by atoms with Gasteiger partial charge in [0.15, 0.2) is 0 Å². The Morgan fingerprint density at radius 1 is 0.919 bits per heavy atom. The first-order valence-electron chi connectivity index (χ1n) is 13.2. The molecule has 0 spiro atoms. The van der Waals surface area contributed by atoms with Crippen molar-refractivity contribution in [2.75, 3.05) is 33.4 Å². The summed E-state index contributed by atoms with van der Waals surface area (Å²) in [5, 5.41) is 0. The SMILES string of the molecule is CCC(C(=O)N(CC(=O)N(CCOC)Cc1cccn1Cc1ccccc1)CC(C)C)c1ccccc1. The van der Waals surface area contributed by atoms with Crippen LogP contribution in [0.1, 0.15) is 49.9 Å². The second kappa shape index (κ2) is 14.4. The molecule has 6 nitrogen and oxygen atoms in total. The van der Waals surface area contributed by atoms with Crippen LogP contribution < -0.4 is 0 Å². The molecule has 0 N–H and O–H groups in total. The van der Waals surface area contributed by atoms with Crippen molar-refractivity contribution >= 4 is 11.8 Å². The summed E-state index contributed by atoms with van der Waals surface area (Å²) in [5.41, 5.74) is 3.24. The van der Waals surface area contributed by atoms with E-state index in [0.29, 0.717) is 32.7 Å². The van der Waals surface area contributed by atoms with E-state index in [9.17, 15) is 9.59 Å². The third kappa shape index (κ3) is 8.32. The molecule has 3 rings (SSSR count). The molecule has 3 aromatic rings. The summed E-state index contributed by atoms with van der Waals surface area (Å²) in [6.45, 7) is 8.87. The molecule has 0 saturated heterocycles. The average molecular weight is 504 g/mol. The molecule has 2 aromatic carbocycles. The topological polar surface area (TPSA) is 54.8 Å². The highest BCUT2D eigenvalue weighted by molar-refractivity contribution is 5.88. The van der Waals surface area contributed by atoms with E-state index in [1.54, 1.807) is 12.0 Å². The van der Waals surface area contributed by atoms with E-state index in [0.717, 1.165) is 17.8 Å². The number of amides is 2. The Hall–Kier alpha value is -3.38. The smallest absolute Gasteiger partial charge is 0.242 e. The van der Waals surface area contributed by atoms with E-state index in [1.165, 1.54) is 5.56 Å². The maximum absolute atomic E-state index is 13.7. The largest absolute Gasteiger partial charge is 0.383 e. The van der Waals surface area contributed by atoms with Crippen LogP contribution in [0.15, 0.2) is 79.0 Å². The summed E-state index contributed by atoms with van der Waals surface area (Å²) >= 11 is 0. The zero-order valence-electron chi connectivity index (χ0n) is 22.7. The van der Waals surface area contributed by atoms with E-state index in [2.05, 4.69) is 36.6 Å². The number of nitrogens with zero attached hydrogens (tertiary/aromatic N) is 3. The summed E-state index contributed by atoms with van der Waals surface area (Å²) in [7, 11) is 1.64. The molecule has 0 fully saturated rings. The van der Waals surface area contributed by atoms with Gasteiger partial charge in [0.05, 0.1) is 25.6 Å². The average Bonchev–Trinajstić information content (AvgIpc) is 3.33. The lowest BCUT2D eigenvalue weighted by Crippen LogP contribution is -2.46. The molecule has 0 saturated carbocycles. The molecule has 1 unspecified atom stereocenters. The highest BCUT2D eigenvalue weighted by Crippen LogP contribution is 2.23. The van der Waals surface area contributed by atoms with Crippen molar-refractivity contribution in [2.24, 2.45) is 5.92 Å². The first-order valence-corrected chi connectivity index (χ1v) is 13.2. The maximum atomic E-state index is 13.7. The van der Waals surface area contributed by atoms with Gasteiger partial charge in [0, 0.05) is 38.6 Å². The van der Waals surface area contributed by atoms with Crippen LogP contribution in [0.5, 0.6) is 0 Å². The first kappa shape index (κ1) is 28.2. The Kier molecular flexibility index (Phi) is 11.0. The summed E-state index contributed by atoms with van der Waals surface area (Å²) < 4.78 is 7.49. The van der Waals surface area contributed by atoms with Gasteiger partial charge in [-0.15, -0.1) is 0 Å². The maximum Gasteiger partial charge on any atom is 0.242 e. The molecule has 2 amide bonds. The fraction of sp³-hybridized carbons (Fsp3) is 0.419. The van der Waals surface area contributed by atoms with Crippen molar-refractivity contribution in [1.29, 1.82) is 0 Å². The number of aromatic nitrogens is 1. The molecular formula is C31H41N3O3. The number of hydrogen-bond acceptors (Lipinski definition) is 3. The van der Waals surface area contributed by atoms with E-state index in [1.807, 2.05) is 72.6 Å². The number of carbonyl (C=O) groups is 2. The summed E-state index contributed by atoms with van der Waals surface area (Å²) in [4.78, 5) is 30.9. The number of methoxy groups -OCH3 is 1. The van der Waals surface area contributed by atoms with Crippen molar-refractivity contribution in [3.63, 3.8) is 0 Å². The van der Waals surface area contributed by atoms with Gasteiger partial charge in [-0.25, -0.2) is 0 Å². The van der Waals surface area contributed by atoms with Gasteiger partial charge in [0.25, 0.3) is 0 Å². The van der Waals surface area contributed by atoms with Gasteiger partial charge in [-0.2, -0.15) is 0 Å². The van der Waals surface area contributed by atoms with Gasteiger partial charge in [-0.05, 0) is 35.6 Å². The highest BCUT2D eigenvalue weighted by Gasteiger charge is 2.28. The Labute approximate surface area is 221 Å². The van der Waals surface area contributed by atoms with Crippen LogP contribution in [0.2, 0.25) is 0 Å². The molecule has 0 aliphatic rings. The lowest BCUT2D eigenvalue weighted by Gasteiger charge is -2.31. The van der Waals surface area contributed by atoms with Crippen LogP contribution >= 0.6 is 0 Å². The Bertz CT molecular complexity index is 1100. The van der Waals surface area contributed by atoms with E-state index < -0.39 is 0 Å². The third-order valence-electron chi connectivity index (χ3n) is 6.52. The van der Waals surface area contributed by atoms with Crippen molar-refractivity contribution in [3.8, 4) is 0 Å². The molecule has 6 heteroatoms. The number of rotatable bonds is 14. The van der Waals surface area contributed by atoms with Gasteiger partial charge in [-0.3, -0.25) is 9.59 Å². The van der Waals surface area contributed by atoms with Crippen LogP contribution in [-0.2, 0) is 27.4 Å². The Balaban J connectivity index is 1.78. The van der Waals surface area contributed by atoms with Crippen molar-refractivity contribution in [2.45, 2.75) is 46.2 Å². The predicted molar refractivity (Wildman–Crippen MR) is 148 cm³/mol. The molecule has 1 atom stereocenters. The molecule has 1 aromatic heterocycles. The third-order valence-corrected chi connectivity index (χ3v) is 6.52. The van der Waals surface area contributed by atoms with Crippen molar-refractivity contribution in [1.82, 2.24) is 14.4 Å². The van der Waals surface area contributed by atoms with Crippen LogP contribution in [0.25, 0.3) is 0 Å². The van der Waals surface area contributed by atoms with Gasteiger partial charge >= 0.3 is 0 Å². The normalized spacial score (nSPS) is 11.9. The Morgan fingerprint density at radius 2 is 1.59 bits per heavy atom. The summed E-state index contributed by atoms with van der Waals surface area (Å²) in [6, 6.07) is 24.2. The molecule has 0 bridgehead atoms. The zero-order chi connectivity index (χ0) is 26.6. The zero-order valence-corrected chi connectivity index (χ0v) is 22.7. The van der Waals surface area contributed by atoms with Crippen LogP contribution in [0, 0.1) is 5.92 Å². The quantitative estimate of drug-likeness (QED) is 0.304. The van der Waals surface area contributed by atoms with Gasteiger partial charge in [0.1, 0.15) is 0 Å². The molecule has 0 radical (unpaired) electrons. The van der Waals surface area contributed by atoms with Crippen LogP contribution in [0.3, 0.4) is 0 Å². The van der Waals surface area contributed by atoms with Crippen LogP contribution in [0.4, 0.5) is 0 Å². The second-order valence-corrected chi connectivity index (χ2v) is 9.91. The van der Waals surface area contributed by atoms with Crippen molar-refractivity contribution < 1.29 is 14.3 Å². The minimum absolute atomic E-state index is 0.00916. The van der Waals surface area contributed by atoms with E-state index in [-0.39, 0.29) is 30.2 Å². The summed E-state index contributed by atoms with van der Waals surface area (Å²) in [5.74, 6) is -0.0693. The molecule has 1 heterocycles. The molecule has 37 heavy (non-hydrogen) atoms. The lowest BCUT2D eigenvalue weighted by molar-refractivity contribution is -0.142. The molecular weight excluding hydrogens is 462 g/mol. The standard InChI is InChI=1S/C31H41N3O3/c1-5-29(27-15-10-7-11-16-27)31(36)34(21-25(2)3)24-30(35)33(19-20-37-4)23-28-17-12-18-32(28)22-26-13-8-6-9-14-26/h6-18,25,29H,5,19-24H2,1-4H3. The molecule has 0 aliphatic heterocycles. The number of hydrogen-bond donors (Lipinski definition) is 0. The molecule has 198 valence electrons. The molecule has 0 aliphatic carbocycles. The summed E-state index contributed by atoms with van der Waals surface area (Å²) in [6.07, 6.45) is 2.73. The van der Waals surface area contributed by atoms with E-state index >= 15 is 0 Å². The monoisotopic (exact) mass is 503 g/mol.